The van der Waals surface area contributed by atoms with E-state index in [9.17, 15) is 9.18 Å². The average molecular weight is 294 g/mol. The fourth-order valence-corrected chi connectivity index (χ4v) is 2.79. The van der Waals surface area contributed by atoms with Crippen molar-refractivity contribution in [1.82, 2.24) is 5.32 Å². The lowest BCUT2D eigenvalue weighted by atomic mass is 9.73. The molecule has 4 nitrogen and oxygen atoms in total. The number of ether oxygens (including phenoxy) is 1. The molecule has 2 rings (SSSR count). The van der Waals surface area contributed by atoms with E-state index >= 15 is 0 Å². The molecule has 1 aliphatic rings. The van der Waals surface area contributed by atoms with Gasteiger partial charge in [0, 0.05) is 19.8 Å². The van der Waals surface area contributed by atoms with Crippen molar-refractivity contribution >= 4 is 5.91 Å². The number of carbonyl (C=O) groups is 1. The number of unbranched alkanes of at least 4 members (excludes halogenated alkanes) is 1. The lowest BCUT2D eigenvalue weighted by molar-refractivity contribution is -0.130. The molecule has 0 radical (unpaired) electrons. The quantitative estimate of drug-likeness (QED) is 0.785. The van der Waals surface area contributed by atoms with Gasteiger partial charge in [0.1, 0.15) is 5.82 Å². The normalized spacial score (nSPS) is 17.4. The van der Waals surface area contributed by atoms with Crippen molar-refractivity contribution in [3.63, 3.8) is 0 Å². The molecule has 0 atom stereocenters. The number of carbonyl (C=O) groups excluding carboxylic acids is 1. The van der Waals surface area contributed by atoms with Crippen molar-refractivity contribution < 1.29 is 13.9 Å². The van der Waals surface area contributed by atoms with Gasteiger partial charge in [-0.25, -0.2) is 4.39 Å². The highest BCUT2D eigenvalue weighted by molar-refractivity contribution is 5.88. The van der Waals surface area contributed by atoms with E-state index in [0.717, 1.165) is 18.4 Å². The van der Waals surface area contributed by atoms with Crippen LogP contribution < -0.4 is 11.1 Å². The number of halogens is 1. The Morgan fingerprint density at radius 2 is 2.10 bits per heavy atom. The van der Waals surface area contributed by atoms with Crippen LogP contribution in [0, 0.1) is 5.82 Å². The monoisotopic (exact) mass is 294 g/mol. The summed E-state index contributed by atoms with van der Waals surface area (Å²) in [5, 5.41) is 2.97. The largest absolute Gasteiger partial charge is 0.381 e. The molecule has 116 valence electrons. The summed E-state index contributed by atoms with van der Waals surface area (Å²) in [6, 6.07) is 6.35. The summed E-state index contributed by atoms with van der Waals surface area (Å²) in [6.07, 6.45) is 2.91. The van der Waals surface area contributed by atoms with Crippen LogP contribution in [0.4, 0.5) is 4.39 Å². The molecular formula is C16H23FN2O2. The van der Waals surface area contributed by atoms with Gasteiger partial charge in [-0.1, -0.05) is 12.1 Å². The summed E-state index contributed by atoms with van der Waals surface area (Å²) in [6.45, 7) is 2.27. The molecule has 0 aromatic heterocycles. The Labute approximate surface area is 124 Å². The van der Waals surface area contributed by atoms with Crippen LogP contribution in [0.5, 0.6) is 0 Å². The highest BCUT2D eigenvalue weighted by Gasteiger charge is 2.41. The lowest BCUT2D eigenvalue weighted by Crippen LogP contribution is -2.48. The molecular weight excluding hydrogens is 271 g/mol. The van der Waals surface area contributed by atoms with E-state index in [-0.39, 0.29) is 11.7 Å². The Morgan fingerprint density at radius 1 is 1.33 bits per heavy atom. The molecule has 1 aromatic rings. The van der Waals surface area contributed by atoms with Crippen molar-refractivity contribution in [2.24, 2.45) is 5.73 Å². The second-order valence-electron chi connectivity index (χ2n) is 5.46. The van der Waals surface area contributed by atoms with Gasteiger partial charge < -0.3 is 15.8 Å². The maximum Gasteiger partial charge on any atom is 0.230 e. The van der Waals surface area contributed by atoms with E-state index < -0.39 is 5.41 Å². The van der Waals surface area contributed by atoms with E-state index in [1.54, 1.807) is 6.07 Å². The molecule has 1 aromatic carbocycles. The van der Waals surface area contributed by atoms with Gasteiger partial charge in [0.05, 0.1) is 5.41 Å². The molecule has 21 heavy (non-hydrogen) atoms. The van der Waals surface area contributed by atoms with Gasteiger partial charge in [0.25, 0.3) is 0 Å². The van der Waals surface area contributed by atoms with Crippen molar-refractivity contribution in [3.8, 4) is 0 Å². The lowest BCUT2D eigenvalue weighted by Gasteiger charge is -2.36. The van der Waals surface area contributed by atoms with E-state index in [0.29, 0.717) is 39.1 Å². The minimum Gasteiger partial charge on any atom is -0.381 e. The SMILES string of the molecule is NCCCCNC(=O)C1(c2cccc(F)c2)CCOCC1. The van der Waals surface area contributed by atoms with E-state index in [2.05, 4.69) is 5.32 Å². The summed E-state index contributed by atoms with van der Waals surface area (Å²) < 4.78 is 18.9. The first-order chi connectivity index (χ1) is 10.2. The summed E-state index contributed by atoms with van der Waals surface area (Å²) in [5.74, 6) is -0.345. The van der Waals surface area contributed by atoms with Gasteiger partial charge in [0.2, 0.25) is 5.91 Å². The predicted molar refractivity (Wildman–Crippen MR) is 79.4 cm³/mol. The highest BCUT2D eigenvalue weighted by atomic mass is 19.1. The summed E-state index contributed by atoms with van der Waals surface area (Å²) >= 11 is 0. The van der Waals surface area contributed by atoms with Crippen LogP contribution in [0.15, 0.2) is 24.3 Å². The first-order valence-electron chi connectivity index (χ1n) is 7.51. The molecule has 0 aliphatic carbocycles. The van der Waals surface area contributed by atoms with Crippen molar-refractivity contribution in [2.75, 3.05) is 26.3 Å². The van der Waals surface area contributed by atoms with Crippen LogP contribution in [-0.2, 0) is 14.9 Å². The topological polar surface area (TPSA) is 64.3 Å². The fourth-order valence-electron chi connectivity index (χ4n) is 2.79. The minimum absolute atomic E-state index is 0.0339. The molecule has 0 saturated carbocycles. The van der Waals surface area contributed by atoms with E-state index in [1.165, 1.54) is 12.1 Å². The Hall–Kier alpha value is -1.46. The summed E-state index contributed by atoms with van der Waals surface area (Å²) in [4.78, 5) is 12.7. The standard InChI is InChI=1S/C16H23FN2O2/c17-14-5-3-4-13(12-14)16(6-10-21-11-7-16)15(20)19-9-2-1-8-18/h3-5,12H,1-2,6-11,18H2,(H,19,20). The number of hydrogen-bond acceptors (Lipinski definition) is 3. The van der Waals surface area contributed by atoms with E-state index in [4.69, 9.17) is 10.5 Å². The average Bonchev–Trinajstić information content (AvgIpc) is 2.52. The molecule has 0 bridgehead atoms. The Kier molecular flexibility index (Phi) is 5.70. The van der Waals surface area contributed by atoms with E-state index in [1.807, 2.05) is 6.07 Å². The maximum absolute atomic E-state index is 13.5. The maximum atomic E-state index is 13.5. The number of benzene rings is 1. The molecule has 3 N–H and O–H groups in total. The second kappa shape index (κ2) is 7.52. The molecule has 0 spiro atoms. The Balaban J connectivity index is 2.15. The van der Waals surface area contributed by atoms with Gasteiger partial charge in [-0.05, 0) is 49.9 Å². The number of hydrogen-bond donors (Lipinski definition) is 2. The first kappa shape index (κ1) is 15.9. The van der Waals surface area contributed by atoms with Gasteiger partial charge in [-0.2, -0.15) is 0 Å². The molecule has 0 unspecified atom stereocenters. The third kappa shape index (κ3) is 3.80. The molecule has 5 heteroatoms. The van der Waals surface area contributed by atoms with Crippen LogP contribution in [0.1, 0.15) is 31.2 Å². The summed E-state index contributed by atoms with van der Waals surface area (Å²) in [5.41, 5.74) is 5.51. The third-order valence-electron chi connectivity index (χ3n) is 4.07. The molecule has 1 amide bonds. The first-order valence-corrected chi connectivity index (χ1v) is 7.51. The van der Waals surface area contributed by atoms with Gasteiger partial charge in [-0.15, -0.1) is 0 Å². The Morgan fingerprint density at radius 3 is 2.76 bits per heavy atom. The zero-order valence-electron chi connectivity index (χ0n) is 12.2. The molecule has 1 saturated heterocycles. The smallest absolute Gasteiger partial charge is 0.230 e. The predicted octanol–water partition coefficient (Wildman–Crippen LogP) is 1.73. The van der Waals surface area contributed by atoms with Gasteiger partial charge in [0.15, 0.2) is 0 Å². The number of rotatable bonds is 6. The van der Waals surface area contributed by atoms with Crippen LogP contribution >= 0.6 is 0 Å². The highest BCUT2D eigenvalue weighted by Crippen LogP contribution is 2.35. The van der Waals surface area contributed by atoms with Crippen LogP contribution in [0.25, 0.3) is 0 Å². The zero-order chi connectivity index (χ0) is 15.1. The molecule has 1 fully saturated rings. The third-order valence-corrected chi connectivity index (χ3v) is 4.07. The van der Waals surface area contributed by atoms with Crippen molar-refractivity contribution in [3.05, 3.63) is 35.6 Å². The van der Waals surface area contributed by atoms with Gasteiger partial charge >= 0.3 is 0 Å². The van der Waals surface area contributed by atoms with Crippen LogP contribution in [0.3, 0.4) is 0 Å². The van der Waals surface area contributed by atoms with Crippen molar-refractivity contribution in [1.29, 1.82) is 0 Å². The van der Waals surface area contributed by atoms with Crippen LogP contribution in [-0.4, -0.2) is 32.2 Å². The Bertz CT molecular complexity index is 473. The van der Waals surface area contributed by atoms with Crippen LogP contribution in [0.2, 0.25) is 0 Å². The number of nitrogens with two attached hydrogens (primary N) is 1. The van der Waals surface area contributed by atoms with Gasteiger partial charge in [-0.3, -0.25) is 4.79 Å². The summed E-state index contributed by atoms with van der Waals surface area (Å²) in [7, 11) is 0. The molecule has 1 heterocycles. The number of amides is 1. The fraction of sp³-hybridized carbons (Fsp3) is 0.562. The molecule has 1 aliphatic heterocycles. The minimum atomic E-state index is -0.678. The number of nitrogens with one attached hydrogen (secondary N) is 1. The zero-order valence-corrected chi connectivity index (χ0v) is 12.2. The van der Waals surface area contributed by atoms with Crippen molar-refractivity contribution in [2.45, 2.75) is 31.1 Å². The second-order valence-corrected chi connectivity index (χ2v) is 5.46.